The van der Waals surface area contributed by atoms with Crippen LogP contribution in [0, 0.1) is 6.92 Å². The number of para-hydroxylation sites is 2. The second-order valence-electron chi connectivity index (χ2n) is 8.03. The van der Waals surface area contributed by atoms with Gasteiger partial charge in [-0.3, -0.25) is 0 Å². The maximum atomic E-state index is 12.3. The van der Waals surface area contributed by atoms with Gasteiger partial charge in [0.1, 0.15) is 0 Å². The van der Waals surface area contributed by atoms with Crippen molar-refractivity contribution in [2.75, 3.05) is 0 Å². The van der Waals surface area contributed by atoms with Crippen LogP contribution in [0.15, 0.2) is 75.1 Å². The topological polar surface area (TPSA) is 133 Å². The number of ether oxygens (including phenoxy) is 2. The van der Waals surface area contributed by atoms with Gasteiger partial charge in [0.05, 0.1) is 21.6 Å². The molecule has 0 bridgehead atoms. The van der Waals surface area contributed by atoms with Crippen LogP contribution in [-0.2, 0) is 19.1 Å². The number of rotatable bonds is 5. The number of esters is 2. The standard InChI is InChI=1S/C23H19N7O4S/c1-13-17(25-28-22-24-15-11-7-8-12-16(15)35-22)19(30(29-13)14-9-5-4-6-10-14)27-26-18-20(31)33-23(2,3)34-21(18)32/h4-12,18H,1-3H3. The summed E-state index contributed by atoms with van der Waals surface area (Å²) >= 11 is 1.39. The normalized spacial score (nSPS) is 16.3. The Kier molecular flexibility index (Phi) is 5.65. The molecule has 1 fully saturated rings. The summed E-state index contributed by atoms with van der Waals surface area (Å²) < 4.78 is 12.7. The molecule has 2 aromatic carbocycles. The first-order chi connectivity index (χ1) is 16.8. The fourth-order valence-electron chi connectivity index (χ4n) is 3.38. The van der Waals surface area contributed by atoms with Crippen LogP contribution in [0.5, 0.6) is 0 Å². The fourth-order valence-corrected chi connectivity index (χ4v) is 4.17. The molecule has 0 atom stereocenters. The Hall–Kier alpha value is -4.32. The van der Waals surface area contributed by atoms with Crippen LogP contribution < -0.4 is 0 Å². The highest BCUT2D eigenvalue weighted by atomic mass is 32.1. The molecule has 11 nitrogen and oxygen atoms in total. The number of carbonyl (C=O) groups excluding carboxylic acids is 2. The highest BCUT2D eigenvalue weighted by Crippen LogP contribution is 2.37. The van der Waals surface area contributed by atoms with Gasteiger partial charge in [-0.05, 0) is 31.2 Å². The van der Waals surface area contributed by atoms with Gasteiger partial charge in [-0.1, -0.05) is 41.7 Å². The minimum atomic E-state index is -1.56. The van der Waals surface area contributed by atoms with Gasteiger partial charge in [-0.25, -0.2) is 19.3 Å². The maximum absolute atomic E-state index is 12.3. The molecule has 35 heavy (non-hydrogen) atoms. The van der Waals surface area contributed by atoms with E-state index in [4.69, 9.17) is 9.47 Å². The lowest BCUT2D eigenvalue weighted by Crippen LogP contribution is -2.48. The maximum Gasteiger partial charge on any atom is 0.347 e. The minimum absolute atomic E-state index is 0.184. The van der Waals surface area contributed by atoms with Gasteiger partial charge in [0.25, 0.3) is 11.8 Å². The molecule has 0 saturated carbocycles. The van der Waals surface area contributed by atoms with E-state index in [2.05, 4.69) is 30.5 Å². The molecule has 0 spiro atoms. The predicted molar refractivity (Wildman–Crippen MR) is 127 cm³/mol. The van der Waals surface area contributed by atoms with E-state index in [9.17, 15) is 9.59 Å². The number of nitrogens with zero attached hydrogens (tertiary/aromatic N) is 7. The molecule has 0 amide bonds. The number of cyclic esters (lactones) is 2. The quantitative estimate of drug-likeness (QED) is 0.207. The minimum Gasteiger partial charge on any atom is -0.421 e. The average Bonchev–Trinajstić information content (AvgIpc) is 3.37. The van der Waals surface area contributed by atoms with E-state index in [1.807, 2.05) is 54.6 Å². The number of azo groups is 2. The molecular weight excluding hydrogens is 470 g/mol. The Morgan fingerprint density at radius 3 is 2.34 bits per heavy atom. The first-order valence-corrected chi connectivity index (χ1v) is 11.4. The van der Waals surface area contributed by atoms with E-state index in [0.29, 0.717) is 22.2 Å². The Balaban J connectivity index is 1.55. The van der Waals surface area contributed by atoms with E-state index in [-0.39, 0.29) is 5.82 Å². The van der Waals surface area contributed by atoms with Crippen LogP contribution in [0.1, 0.15) is 19.5 Å². The van der Waals surface area contributed by atoms with Gasteiger partial charge < -0.3 is 9.47 Å². The molecule has 1 aliphatic heterocycles. The lowest BCUT2D eigenvalue weighted by molar-refractivity contribution is -0.234. The van der Waals surface area contributed by atoms with Crippen molar-refractivity contribution in [3.05, 3.63) is 60.3 Å². The number of hydrogen-bond acceptors (Lipinski definition) is 11. The molecule has 0 aliphatic carbocycles. The van der Waals surface area contributed by atoms with Crippen LogP contribution in [0.2, 0.25) is 0 Å². The van der Waals surface area contributed by atoms with Crippen LogP contribution in [0.3, 0.4) is 0 Å². The number of carbonyl (C=O) groups is 2. The fraction of sp³-hybridized carbons (Fsp3) is 0.217. The number of aromatic nitrogens is 3. The third-order valence-corrected chi connectivity index (χ3v) is 5.85. The van der Waals surface area contributed by atoms with Crippen molar-refractivity contribution in [2.45, 2.75) is 32.6 Å². The van der Waals surface area contributed by atoms with Crippen molar-refractivity contribution >= 4 is 50.1 Å². The van der Waals surface area contributed by atoms with Crippen molar-refractivity contribution < 1.29 is 19.1 Å². The molecule has 12 heteroatoms. The number of thiazole rings is 1. The van der Waals surface area contributed by atoms with Crippen molar-refractivity contribution in [2.24, 2.45) is 20.5 Å². The van der Waals surface area contributed by atoms with Crippen LogP contribution >= 0.6 is 11.3 Å². The average molecular weight is 490 g/mol. The van der Waals surface area contributed by atoms with Gasteiger partial charge in [-0.15, -0.1) is 15.3 Å². The summed E-state index contributed by atoms with van der Waals surface area (Å²) in [5.74, 6) is -2.88. The summed E-state index contributed by atoms with van der Waals surface area (Å²) in [5, 5.41) is 21.7. The molecule has 0 N–H and O–H groups in total. The van der Waals surface area contributed by atoms with Crippen LogP contribution in [-0.4, -0.2) is 38.5 Å². The lowest BCUT2D eigenvalue weighted by atomic mass is 10.2. The second-order valence-corrected chi connectivity index (χ2v) is 9.04. The zero-order valence-electron chi connectivity index (χ0n) is 18.9. The third-order valence-electron chi connectivity index (χ3n) is 4.93. The zero-order chi connectivity index (χ0) is 24.6. The third kappa shape index (κ3) is 4.55. The van der Waals surface area contributed by atoms with Gasteiger partial charge >= 0.3 is 11.9 Å². The molecule has 1 aliphatic rings. The molecule has 0 unspecified atom stereocenters. The second kappa shape index (κ2) is 8.80. The van der Waals surface area contributed by atoms with Crippen LogP contribution in [0.4, 0.5) is 16.6 Å². The molecular formula is C23H19N7O4S. The van der Waals surface area contributed by atoms with E-state index < -0.39 is 23.8 Å². The van der Waals surface area contributed by atoms with Crippen molar-refractivity contribution in [1.82, 2.24) is 14.8 Å². The van der Waals surface area contributed by atoms with Gasteiger partial charge in [0.15, 0.2) is 5.69 Å². The van der Waals surface area contributed by atoms with E-state index in [0.717, 1.165) is 10.2 Å². The van der Waals surface area contributed by atoms with Crippen molar-refractivity contribution in [1.29, 1.82) is 0 Å². The smallest absolute Gasteiger partial charge is 0.347 e. The number of fused-ring (bicyclic) bond motifs is 1. The summed E-state index contributed by atoms with van der Waals surface area (Å²) in [4.78, 5) is 29.1. The van der Waals surface area contributed by atoms with Gasteiger partial charge in [0.2, 0.25) is 10.9 Å². The predicted octanol–water partition coefficient (Wildman–Crippen LogP) is 5.49. The molecule has 3 heterocycles. The molecule has 176 valence electrons. The van der Waals surface area contributed by atoms with E-state index >= 15 is 0 Å². The lowest BCUT2D eigenvalue weighted by Gasteiger charge is -2.30. The van der Waals surface area contributed by atoms with Crippen molar-refractivity contribution in [3.63, 3.8) is 0 Å². The van der Waals surface area contributed by atoms with Crippen molar-refractivity contribution in [3.8, 4) is 5.69 Å². The highest BCUT2D eigenvalue weighted by molar-refractivity contribution is 7.21. The van der Waals surface area contributed by atoms with Gasteiger partial charge in [-0.2, -0.15) is 10.2 Å². The largest absolute Gasteiger partial charge is 0.421 e. The monoisotopic (exact) mass is 489 g/mol. The first kappa shape index (κ1) is 22.5. The Morgan fingerprint density at radius 1 is 0.943 bits per heavy atom. The summed E-state index contributed by atoms with van der Waals surface area (Å²) in [6.45, 7) is 4.67. The van der Waals surface area contributed by atoms with E-state index in [1.165, 1.54) is 29.9 Å². The SMILES string of the molecule is Cc1nn(-c2ccccc2)c(N=NC2C(=O)OC(C)(C)OC2=O)c1N=Nc1nc2ccccc2s1. The zero-order valence-corrected chi connectivity index (χ0v) is 19.8. The molecule has 0 radical (unpaired) electrons. The summed E-state index contributed by atoms with van der Waals surface area (Å²) in [7, 11) is 0. The number of benzene rings is 2. The highest BCUT2D eigenvalue weighted by Gasteiger charge is 2.43. The van der Waals surface area contributed by atoms with Gasteiger partial charge in [0, 0.05) is 13.8 Å². The number of aryl methyl sites for hydroxylation is 1. The molecule has 5 rings (SSSR count). The molecule has 1 saturated heterocycles. The number of hydrogen-bond donors (Lipinski definition) is 0. The van der Waals surface area contributed by atoms with Crippen LogP contribution in [0.25, 0.3) is 15.9 Å². The summed E-state index contributed by atoms with van der Waals surface area (Å²) in [5.41, 5.74) is 2.33. The summed E-state index contributed by atoms with van der Waals surface area (Å²) in [6, 6.07) is 15.3. The van der Waals surface area contributed by atoms with E-state index in [1.54, 1.807) is 6.92 Å². The Morgan fingerprint density at radius 2 is 1.63 bits per heavy atom. The summed E-state index contributed by atoms with van der Waals surface area (Å²) in [6.07, 6.45) is 0. The Bertz CT molecular complexity index is 1440. The first-order valence-electron chi connectivity index (χ1n) is 10.6. The molecule has 4 aromatic rings. The molecule has 2 aromatic heterocycles. The Labute approximate surface area is 203 Å².